The lowest BCUT2D eigenvalue weighted by atomic mass is 9.89. The molecule has 125 valence electrons. The Labute approximate surface area is 133 Å². The highest BCUT2D eigenvalue weighted by Gasteiger charge is 2.47. The van der Waals surface area contributed by atoms with Gasteiger partial charge in [-0.1, -0.05) is 0 Å². The van der Waals surface area contributed by atoms with Gasteiger partial charge >= 0.3 is 6.03 Å². The fourth-order valence-corrected chi connectivity index (χ4v) is 3.51. The third-order valence-electron chi connectivity index (χ3n) is 4.82. The maximum atomic E-state index is 14.2. The zero-order valence-electron chi connectivity index (χ0n) is 12.6. The Bertz CT molecular complexity index is 510. The van der Waals surface area contributed by atoms with E-state index in [2.05, 4.69) is 5.32 Å². The molecule has 2 bridgehead atoms. The van der Waals surface area contributed by atoms with E-state index in [0.29, 0.717) is 43.6 Å². The van der Waals surface area contributed by atoms with Crippen LogP contribution >= 0.6 is 0 Å². The molecule has 1 radical (unpaired) electrons. The van der Waals surface area contributed by atoms with E-state index in [1.807, 2.05) is 0 Å². The maximum absolute atomic E-state index is 14.2. The van der Waals surface area contributed by atoms with E-state index >= 15 is 0 Å². The summed E-state index contributed by atoms with van der Waals surface area (Å²) in [4.78, 5) is 37.6. The number of nitrogens with zero attached hydrogens (tertiary/aromatic N) is 3. The number of hydrogen-bond acceptors (Lipinski definition) is 5. The number of nitrogens with one attached hydrogen (secondary N) is 1. The lowest BCUT2D eigenvalue weighted by molar-refractivity contribution is -0.127. The van der Waals surface area contributed by atoms with Gasteiger partial charge in [0.2, 0.25) is 5.91 Å². The molecule has 0 unspecified atom stereocenters. The summed E-state index contributed by atoms with van der Waals surface area (Å²) in [7, 11) is 1.30. The molecular weight excluding hydrogens is 306 g/mol. The molecule has 8 nitrogen and oxygen atoms in total. The molecule has 0 aliphatic carbocycles. The van der Waals surface area contributed by atoms with Gasteiger partial charge in [-0.15, -0.1) is 0 Å². The average Bonchev–Trinajstić information content (AvgIpc) is 2.75. The SMILES string of the molecule is O=C[B]N1CC[C@H](NC(=O)[C@@H]2CC[C@@H]3CN2C(=O)N3O)[C@H](F)C1. The molecule has 0 saturated carbocycles. The number of fused-ring (bicyclic) bond motifs is 2. The average molecular weight is 325 g/mol. The lowest BCUT2D eigenvalue weighted by Crippen LogP contribution is -2.57. The minimum atomic E-state index is -1.27. The standard InChI is InChI=1S/C13H19BFN4O4/c15-9-6-17(14-7-20)4-3-10(9)16-12(21)11-2-1-8-5-18(11)13(22)19(8)23/h7-11,23H,1-6H2,(H,16,21)/t8-,9-,10+,11+/m1/s1. The first-order chi connectivity index (χ1) is 11.0. The molecule has 3 heterocycles. The van der Waals surface area contributed by atoms with Gasteiger partial charge in [-0.25, -0.2) is 14.2 Å². The van der Waals surface area contributed by atoms with Gasteiger partial charge in [0.1, 0.15) is 12.2 Å². The summed E-state index contributed by atoms with van der Waals surface area (Å²) in [6.45, 7) is 0.868. The van der Waals surface area contributed by atoms with Crippen LogP contribution in [-0.2, 0) is 9.59 Å². The fraction of sp³-hybridized carbons (Fsp3) is 0.769. The van der Waals surface area contributed by atoms with E-state index in [-0.39, 0.29) is 18.5 Å². The third kappa shape index (κ3) is 3.05. The molecule has 23 heavy (non-hydrogen) atoms. The molecule has 0 aromatic heterocycles. The van der Waals surface area contributed by atoms with Gasteiger partial charge in [-0.3, -0.25) is 10.0 Å². The van der Waals surface area contributed by atoms with Crippen molar-refractivity contribution in [2.24, 2.45) is 0 Å². The number of urea groups is 1. The van der Waals surface area contributed by atoms with Crippen molar-refractivity contribution in [3.05, 3.63) is 0 Å². The fourth-order valence-electron chi connectivity index (χ4n) is 3.51. The van der Waals surface area contributed by atoms with Crippen molar-refractivity contribution in [2.45, 2.75) is 43.6 Å². The Balaban J connectivity index is 1.57. The van der Waals surface area contributed by atoms with Gasteiger partial charge < -0.3 is 19.8 Å². The molecule has 3 amide bonds. The quantitative estimate of drug-likeness (QED) is 0.392. The first-order valence-corrected chi connectivity index (χ1v) is 7.77. The maximum Gasteiger partial charge on any atom is 0.344 e. The Kier molecular flexibility index (Phi) is 4.54. The highest BCUT2D eigenvalue weighted by molar-refractivity contribution is 6.64. The van der Waals surface area contributed by atoms with Gasteiger partial charge in [0, 0.05) is 13.1 Å². The van der Waals surface area contributed by atoms with Gasteiger partial charge in [-0.05, 0) is 25.8 Å². The Hall–Kier alpha value is -1.68. The summed E-state index contributed by atoms with van der Waals surface area (Å²) in [5.74, 6) is -0.382. The minimum Gasteiger partial charge on any atom is -0.349 e. The molecule has 3 fully saturated rings. The van der Waals surface area contributed by atoms with Crippen LogP contribution in [0.25, 0.3) is 0 Å². The summed E-state index contributed by atoms with van der Waals surface area (Å²) >= 11 is 0. The Morgan fingerprint density at radius 1 is 1.35 bits per heavy atom. The monoisotopic (exact) mass is 325 g/mol. The van der Waals surface area contributed by atoms with E-state index in [4.69, 9.17) is 0 Å². The second-order valence-electron chi connectivity index (χ2n) is 6.23. The van der Waals surface area contributed by atoms with Crippen LogP contribution in [-0.4, -0.2) is 89.5 Å². The normalized spacial score (nSPS) is 34.4. The molecular formula is C13H19BFN4O4. The lowest BCUT2D eigenvalue weighted by Gasteiger charge is -2.36. The molecule has 0 aromatic rings. The minimum absolute atomic E-state index is 0.0590. The summed E-state index contributed by atoms with van der Waals surface area (Å²) in [5, 5.41) is 13.0. The number of piperidine rings is 2. The van der Waals surface area contributed by atoms with Gasteiger partial charge in [0.25, 0.3) is 7.41 Å². The summed E-state index contributed by atoms with van der Waals surface area (Å²) in [5.41, 5.74) is 0. The Morgan fingerprint density at radius 3 is 2.83 bits per heavy atom. The molecule has 2 N–H and O–H groups in total. The molecule has 3 saturated heterocycles. The number of rotatable bonds is 4. The smallest absolute Gasteiger partial charge is 0.344 e. The zero-order valence-corrected chi connectivity index (χ0v) is 12.6. The molecule has 10 heteroatoms. The van der Waals surface area contributed by atoms with Crippen molar-refractivity contribution >= 4 is 25.5 Å². The predicted molar refractivity (Wildman–Crippen MR) is 78.1 cm³/mol. The van der Waals surface area contributed by atoms with Crippen molar-refractivity contribution in [2.75, 3.05) is 19.6 Å². The van der Waals surface area contributed by atoms with Crippen LogP contribution in [0.3, 0.4) is 0 Å². The second-order valence-corrected chi connectivity index (χ2v) is 6.23. The molecule has 0 spiro atoms. The molecule has 0 aromatic carbocycles. The number of hydroxylamine groups is 2. The van der Waals surface area contributed by atoms with E-state index in [1.54, 1.807) is 4.81 Å². The van der Waals surface area contributed by atoms with Crippen LogP contribution in [0.15, 0.2) is 0 Å². The van der Waals surface area contributed by atoms with Crippen LogP contribution in [0, 0.1) is 0 Å². The van der Waals surface area contributed by atoms with Crippen molar-refractivity contribution in [3.8, 4) is 0 Å². The van der Waals surface area contributed by atoms with Crippen molar-refractivity contribution in [1.82, 2.24) is 20.1 Å². The van der Waals surface area contributed by atoms with Crippen LogP contribution in [0.4, 0.5) is 9.18 Å². The van der Waals surface area contributed by atoms with Gasteiger partial charge in [-0.2, -0.15) is 0 Å². The largest absolute Gasteiger partial charge is 0.349 e. The van der Waals surface area contributed by atoms with Crippen LogP contribution in [0.2, 0.25) is 0 Å². The number of carbonyl (C=O) groups excluding carboxylic acids is 3. The van der Waals surface area contributed by atoms with E-state index < -0.39 is 24.3 Å². The van der Waals surface area contributed by atoms with Crippen LogP contribution < -0.4 is 5.32 Å². The second kappa shape index (κ2) is 6.44. The highest BCUT2D eigenvalue weighted by atomic mass is 19.1. The predicted octanol–water partition coefficient (Wildman–Crippen LogP) is -1.02. The topological polar surface area (TPSA) is 93.2 Å². The molecule has 3 aliphatic heterocycles. The Morgan fingerprint density at radius 2 is 2.13 bits per heavy atom. The van der Waals surface area contributed by atoms with Gasteiger partial charge in [0.15, 0.2) is 0 Å². The van der Waals surface area contributed by atoms with Crippen molar-refractivity contribution in [3.63, 3.8) is 0 Å². The summed E-state index contributed by atoms with van der Waals surface area (Å²) in [6.07, 6.45) is 0.733. The number of amides is 3. The molecule has 3 rings (SSSR count). The first kappa shape index (κ1) is 16.2. The third-order valence-corrected chi connectivity index (χ3v) is 4.82. The van der Waals surface area contributed by atoms with E-state index in [9.17, 15) is 24.0 Å². The number of carbonyl (C=O) groups is 3. The molecule has 4 atom stereocenters. The van der Waals surface area contributed by atoms with Crippen LogP contribution in [0.1, 0.15) is 19.3 Å². The number of alkyl halides is 1. The zero-order chi connectivity index (χ0) is 16.6. The van der Waals surface area contributed by atoms with Crippen molar-refractivity contribution < 1.29 is 24.0 Å². The number of halogens is 1. The van der Waals surface area contributed by atoms with Gasteiger partial charge in [0.05, 0.1) is 18.3 Å². The van der Waals surface area contributed by atoms with E-state index in [1.165, 1.54) is 12.3 Å². The first-order valence-electron chi connectivity index (χ1n) is 7.77. The van der Waals surface area contributed by atoms with Crippen molar-refractivity contribution in [1.29, 1.82) is 0 Å². The number of hydrogen-bond donors (Lipinski definition) is 2. The summed E-state index contributed by atoms with van der Waals surface area (Å²) < 4.78 is 14.2. The molecule has 3 aliphatic rings. The highest BCUT2D eigenvalue weighted by Crippen LogP contribution is 2.28. The van der Waals surface area contributed by atoms with E-state index in [0.717, 1.165) is 0 Å². The summed E-state index contributed by atoms with van der Waals surface area (Å²) in [6, 6.07) is -2.12. The van der Waals surface area contributed by atoms with Crippen LogP contribution in [0.5, 0.6) is 0 Å².